The summed E-state index contributed by atoms with van der Waals surface area (Å²) in [5, 5.41) is 8.36. The molecule has 1 aromatic carbocycles. The number of pyridine rings is 1. The first kappa shape index (κ1) is 18.9. The maximum atomic E-state index is 13.4. The fourth-order valence-electron chi connectivity index (χ4n) is 3.70. The Morgan fingerprint density at radius 1 is 1.17 bits per heavy atom. The molecule has 4 aromatic rings. The predicted octanol–water partition coefficient (Wildman–Crippen LogP) is 5.22. The number of aromatic nitrogens is 3. The Morgan fingerprint density at radius 2 is 1.97 bits per heavy atom. The molecule has 1 N–H and O–H groups in total. The first-order valence-electron chi connectivity index (χ1n) is 9.66. The van der Waals surface area contributed by atoms with Crippen molar-refractivity contribution in [2.45, 2.75) is 33.6 Å². The number of hydrogen-bond acceptors (Lipinski definition) is 4. The molecule has 29 heavy (non-hydrogen) atoms. The van der Waals surface area contributed by atoms with Crippen LogP contribution in [0.2, 0.25) is 0 Å². The van der Waals surface area contributed by atoms with Crippen LogP contribution in [0.5, 0.6) is 0 Å². The van der Waals surface area contributed by atoms with Crippen LogP contribution in [0.3, 0.4) is 0 Å². The first-order chi connectivity index (χ1) is 13.9. The molecule has 4 rings (SSSR count). The predicted molar refractivity (Wildman–Crippen MR) is 114 cm³/mol. The standard InChI is InChI=1S/C23H24N4O2/c1-13(2)16-9-6-8-14(3)21(16)25-23(28)17-12-18(19-10-7-11-29-19)24-22-20(17)15(4)26-27(22)5/h6-13H,1-5H3,(H,25,28). The highest BCUT2D eigenvalue weighted by Gasteiger charge is 2.21. The van der Waals surface area contributed by atoms with Gasteiger partial charge in [-0.3, -0.25) is 9.48 Å². The molecule has 0 aliphatic rings. The number of anilines is 1. The van der Waals surface area contributed by atoms with Crippen LogP contribution in [-0.2, 0) is 7.05 Å². The van der Waals surface area contributed by atoms with Gasteiger partial charge >= 0.3 is 0 Å². The Kier molecular flexibility index (Phi) is 4.70. The van der Waals surface area contributed by atoms with Crippen molar-refractivity contribution in [1.29, 1.82) is 0 Å². The second-order valence-electron chi connectivity index (χ2n) is 7.59. The van der Waals surface area contributed by atoms with E-state index >= 15 is 0 Å². The number of carbonyl (C=O) groups excluding carboxylic acids is 1. The number of aryl methyl sites for hydroxylation is 3. The van der Waals surface area contributed by atoms with Crippen molar-refractivity contribution in [1.82, 2.24) is 14.8 Å². The molecule has 0 bridgehead atoms. The molecule has 0 spiro atoms. The summed E-state index contributed by atoms with van der Waals surface area (Å²) < 4.78 is 7.21. The Balaban J connectivity index is 1.87. The number of nitrogens with zero attached hydrogens (tertiary/aromatic N) is 3. The third-order valence-electron chi connectivity index (χ3n) is 5.15. The summed E-state index contributed by atoms with van der Waals surface area (Å²) in [5.74, 6) is 0.720. The lowest BCUT2D eigenvalue weighted by atomic mass is 9.97. The van der Waals surface area contributed by atoms with Gasteiger partial charge in [0.2, 0.25) is 0 Å². The zero-order valence-corrected chi connectivity index (χ0v) is 17.3. The number of furan rings is 1. The first-order valence-corrected chi connectivity index (χ1v) is 9.66. The highest BCUT2D eigenvalue weighted by atomic mass is 16.3. The fourth-order valence-corrected chi connectivity index (χ4v) is 3.70. The molecule has 148 valence electrons. The van der Waals surface area contributed by atoms with Crippen molar-refractivity contribution < 1.29 is 9.21 Å². The molecular formula is C23H24N4O2. The lowest BCUT2D eigenvalue weighted by Crippen LogP contribution is -2.16. The summed E-state index contributed by atoms with van der Waals surface area (Å²) in [6, 6.07) is 11.5. The van der Waals surface area contributed by atoms with Crippen LogP contribution in [0.25, 0.3) is 22.5 Å². The molecule has 1 amide bonds. The maximum absolute atomic E-state index is 13.4. The van der Waals surface area contributed by atoms with E-state index in [2.05, 4.69) is 35.3 Å². The number of rotatable bonds is 4. The van der Waals surface area contributed by atoms with E-state index in [0.29, 0.717) is 28.6 Å². The number of para-hydroxylation sites is 1. The van der Waals surface area contributed by atoms with Crippen LogP contribution in [0.4, 0.5) is 5.69 Å². The van der Waals surface area contributed by atoms with Crippen molar-refractivity contribution >= 4 is 22.6 Å². The van der Waals surface area contributed by atoms with Gasteiger partial charge < -0.3 is 9.73 Å². The number of nitrogens with one attached hydrogen (secondary N) is 1. The summed E-state index contributed by atoms with van der Waals surface area (Å²) >= 11 is 0. The molecule has 0 aliphatic heterocycles. The normalized spacial score (nSPS) is 11.4. The van der Waals surface area contributed by atoms with Crippen LogP contribution in [0.1, 0.15) is 46.9 Å². The minimum atomic E-state index is -0.183. The van der Waals surface area contributed by atoms with Gasteiger partial charge in [0.05, 0.1) is 22.9 Å². The van der Waals surface area contributed by atoms with Gasteiger partial charge in [-0.05, 0) is 49.1 Å². The van der Waals surface area contributed by atoms with Gasteiger partial charge in [0.25, 0.3) is 5.91 Å². The van der Waals surface area contributed by atoms with Gasteiger partial charge in [0, 0.05) is 12.7 Å². The van der Waals surface area contributed by atoms with Crippen LogP contribution in [-0.4, -0.2) is 20.7 Å². The van der Waals surface area contributed by atoms with Gasteiger partial charge in [-0.2, -0.15) is 5.10 Å². The third kappa shape index (κ3) is 3.31. The zero-order valence-electron chi connectivity index (χ0n) is 17.3. The number of benzene rings is 1. The summed E-state index contributed by atoms with van der Waals surface area (Å²) in [6.45, 7) is 8.14. The second-order valence-corrected chi connectivity index (χ2v) is 7.59. The molecular weight excluding hydrogens is 364 g/mol. The van der Waals surface area contributed by atoms with Crippen LogP contribution in [0.15, 0.2) is 47.1 Å². The summed E-state index contributed by atoms with van der Waals surface area (Å²) in [7, 11) is 1.83. The summed E-state index contributed by atoms with van der Waals surface area (Å²) in [6.07, 6.45) is 1.59. The SMILES string of the molecule is Cc1cccc(C(C)C)c1NC(=O)c1cc(-c2ccco2)nc2c1c(C)nn2C. The van der Waals surface area contributed by atoms with E-state index in [1.54, 1.807) is 23.1 Å². The molecule has 0 unspecified atom stereocenters. The lowest BCUT2D eigenvalue weighted by molar-refractivity contribution is 0.102. The zero-order chi connectivity index (χ0) is 20.7. The van der Waals surface area contributed by atoms with Gasteiger partial charge in [-0.1, -0.05) is 32.0 Å². The van der Waals surface area contributed by atoms with E-state index in [1.165, 1.54) is 0 Å². The maximum Gasteiger partial charge on any atom is 0.256 e. The van der Waals surface area contributed by atoms with Crippen molar-refractivity contribution in [2.24, 2.45) is 7.05 Å². The molecule has 0 atom stereocenters. The van der Waals surface area contributed by atoms with Gasteiger partial charge in [0.1, 0.15) is 5.69 Å². The van der Waals surface area contributed by atoms with Crippen LogP contribution >= 0.6 is 0 Å². The van der Waals surface area contributed by atoms with Crippen molar-refractivity contribution in [3.05, 3.63) is 65.0 Å². The van der Waals surface area contributed by atoms with E-state index in [0.717, 1.165) is 27.9 Å². The number of hydrogen-bond donors (Lipinski definition) is 1. The quantitative estimate of drug-likeness (QED) is 0.520. The van der Waals surface area contributed by atoms with E-state index in [-0.39, 0.29) is 5.91 Å². The monoisotopic (exact) mass is 388 g/mol. The van der Waals surface area contributed by atoms with Gasteiger partial charge in [-0.15, -0.1) is 0 Å². The molecule has 0 saturated heterocycles. The molecule has 3 aromatic heterocycles. The van der Waals surface area contributed by atoms with E-state index in [4.69, 9.17) is 4.42 Å². The van der Waals surface area contributed by atoms with Crippen molar-refractivity contribution in [2.75, 3.05) is 5.32 Å². The topological polar surface area (TPSA) is 73.0 Å². The Hall–Kier alpha value is -3.41. The van der Waals surface area contributed by atoms with Crippen LogP contribution < -0.4 is 5.32 Å². The Morgan fingerprint density at radius 3 is 2.66 bits per heavy atom. The Labute approximate surface area is 169 Å². The Bertz CT molecular complexity index is 1200. The van der Waals surface area contributed by atoms with Crippen molar-refractivity contribution in [3.8, 4) is 11.5 Å². The van der Waals surface area contributed by atoms with E-state index in [1.807, 2.05) is 39.1 Å². The second kappa shape index (κ2) is 7.20. The van der Waals surface area contributed by atoms with Gasteiger partial charge in [-0.25, -0.2) is 4.98 Å². The highest BCUT2D eigenvalue weighted by Crippen LogP contribution is 2.31. The molecule has 3 heterocycles. The van der Waals surface area contributed by atoms with E-state index < -0.39 is 0 Å². The summed E-state index contributed by atoms with van der Waals surface area (Å²) in [5.41, 5.74) is 5.55. The fraction of sp³-hybridized carbons (Fsp3) is 0.261. The lowest BCUT2D eigenvalue weighted by Gasteiger charge is -2.17. The highest BCUT2D eigenvalue weighted by molar-refractivity contribution is 6.13. The third-order valence-corrected chi connectivity index (χ3v) is 5.15. The molecule has 0 saturated carbocycles. The smallest absolute Gasteiger partial charge is 0.256 e. The average molecular weight is 388 g/mol. The molecule has 6 heteroatoms. The van der Waals surface area contributed by atoms with Gasteiger partial charge in [0.15, 0.2) is 11.4 Å². The van der Waals surface area contributed by atoms with E-state index in [9.17, 15) is 4.79 Å². The van der Waals surface area contributed by atoms with Crippen LogP contribution in [0, 0.1) is 13.8 Å². The van der Waals surface area contributed by atoms with Crippen molar-refractivity contribution in [3.63, 3.8) is 0 Å². The minimum absolute atomic E-state index is 0.183. The molecule has 0 aliphatic carbocycles. The molecule has 0 radical (unpaired) electrons. The summed E-state index contributed by atoms with van der Waals surface area (Å²) in [4.78, 5) is 18.1. The number of fused-ring (bicyclic) bond motifs is 1. The minimum Gasteiger partial charge on any atom is -0.463 e. The number of amides is 1. The molecule has 6 nitrogen and oxygen atoms in total. The largest absolute Gasteiger partial charge is 0.463 e. The number of carbonyl (C=O) groups is 1. The average Bonchev–Trinajstić information content (AvgIpc) is 3.31. The molecule has 0 fully saturated rings.